The maximum Gasteiger partial charge on any atom is 0.329 e. The summed E-state index contributed by atoms with van der Waals surface area (Å²) >= 11 is 0. The molecule has 622 valence electrons. The summed E-state index contributed by atoms with van der Waals surface area (Å²) in [6.45, 7) is 1.29. The second-order valence-corrected chi connectivity index (χ2v) is 27.4. The van der Waals surface area contributed by atoms with Gasteiger partial charge in [0, 0.05) is 47.6 Å². The molecule has 2 aromatic carbocycles. The number of ketones is 1. The van der Waals surface area contributed by atoms with Crippen molar-refractivity contribution in [2.24, 2.45) is 17.4 Å². The van der Waals surface area contributed by atoms with Crippen molar-refractivity contribution in [1.29, 1.82) is 0 Å². The lowest BCUT2D eigenvalue weighted by Gasteiger charge is -2.30. The molecule has 114 heavy (non-hydrogen) atoms. The zero-order valence-corrected chi connectivity index (χ0v) is 63.1. The summed E-state index contributed by atoms with van der Waals surface area (Å²) in [7, 11) is 0. The first-order valence-electron chi connectivity index (χ1n) is 36.8. The van der Waals surface area contributed by atoms with Crippen molar-refractivity contribution in [2.45, 2.75) is 209 Å². The maximum atomic E-state index is 14.8. The van der Waals surface area contributed by atoms with Gasteiger partial charge in [0.05, 0.1) is 51.8 Å². The summed E-state index contributed by atoms with van der Waals surface area (Å²) in [5, 5.41) is 67.2. The third-order valence-electron chi connectivity index (χ3n) is 18.4. The molecule has 2 saturated heterocycles. The highest BCUT2D eigenvalue weighted by Crippen LogP contribution is 2.23. The van der Waals surface area contributed by atoms with Gasteiger partial charge < -0.3 is 111 Å². The molecular weight excluding hydrogens is 1500 g/mol. The monoisotopic (exact) mass is 1600 g/mol. The van der Waals surface area contributed by atoms with Crippen LogP contribution in [0.4, 0.5) is 5.69 Å². The number of rotatable bonds is 33. The SMILES string of the molecule is CCCCCCCCCC(=O)N[C@@H](Cc1c[nH]c2ccccc12)C(=O)N[C@H](CC(N)=O)C(=O)N[C@@H](CC(=O)O)C(=O)N[C@@H]1C(=O)NCC(=O)N[C@@H](CCCN)C(=O)N[C@H]2CC(=O)N(C2=O)[C@H](C)C(=O)N[C@@H](CC(=O)O)C(=O)NCC(=O)N[C@H](CO)C(=O)N[C@@H]([C@H](C)CC(=O)O)C(=O)N[C@@H](CC(=O)c2ccccc2N)C(=O)O[C@@H]1C. The average Bonchev–Trinajstić information content (AvgIpc) is 1.65. The molecule has 2 fully saturated rings. The third kappa shape index (κ3) is 28.7. The summed E-state index contributed by atoms with van der Waals surface area (Å²) in [5.74, 6) is -28.5. The fourth-order valence-electron chi connectivity index (χ4n) is 12.3. The number of aromatic nitrogens is 1. The molecule has 1 aromatic heterocycles. The van der Waals surface area contributed by atoms with Gasteiger partial charge in [0.15, 0.2) is 5.78 Å². The predicted molar refractivity (Wildman–Crippen MR) is 396 cm³/mol. The highest BCUT2D eigenvalue weighted by atomic mass is 16.5. The van der Waals surface area contributed by atoms with E-state index in [9.17, 15) is 116 Å². The number of nitrogen functional groups attached to an aromatic ring is 1. The number of Topliss-reactive ketones (excluding diaryl/α,β-unsaturated/α-hetero) is 1. The number of cyclic esters (lactones) is 1. The number of aromatic amines is 1. The average molecular weight is 1600 g/mol. The number of ether oxygens (including phenoxy) is 1. The van der Waals surface area contributed by atoms with Crippen LogP contribution in [0.3, 0.4) is 0 Å². The van der Waals surface area contributed by atoms with Crippen LogP contribution in [0.15, 0.2) is 54.7 Å². The van der Waals surface area contributed by atoms with Crippen molar-refractivity contribution in [3.63, 3.8) is 0 Å². The standard InChI is InChI=1S/C72H99N17O25/c1-5-6-7-8-9-10-11-22-53(93)80-44(25-38-31-76-42-20-15-13-17-39(38)42)65(106)83-45(27-52(75)92)66(107)84-47(30-59(101)102)67(108)88-61-37(4)114-72(113)49(26-51(91)40-18-12-14-19-41(40)74)86-70(111)60(35(2)24-57(97)98)87-68(109)50(34-90)81-55(95)32-77-63(104)46(29-58(99)100)82-62(103)36(3)89-56(96)28-48(71(89)112)85-64(105)43(21-16-23-73)79-54(94)33-78-69(61)110/h12-15,17-20,31,35-37,43-50,60-61,76,90H,5-11,16,21-30,32-34,73-74H2,1-4H3,(H2,75,92)(H,77,104)(H,78,110)(H,79,94)(H,80,93)(H,81,95)(H,82,103)(H,83,106)(H,84,107)(H,85,105)(H,86,111)(H,87,109)(H,88,108)(H,97,98)(H,99,100)(H,101,102)/t35-,36-,37-,43+,44+,45-,46+,47+,48+,49+,50-,60+,61+/m1/s1. The number of fused-ring (bicyclic) bond motifs is 3. The summed E-state index contributed by atoms with van der Waals surface area (Å²) in [5.41, 5.74) is 18.1. The number of carbonyl (C=O) groups is 20. The van der Waals surface area contributed by atoms with Crippen molar-refractivity contribution in [3.05, 3.63) is 65.9 Å². The Bertz CT molecular complexity index is 4080. The minimum Gasteiger partial charge on any atom is -0.481 e. The van der Waals surface area contributed by atoms with Gasteiger partial charge in [-0.1, -0.05) is 82.7 Å². The molecule has 3 aromatic rings. The van der Waals surface area contributed by atoms with Crippen molar-refractivity contribution in [3.8, 4) is 0 Å². The van der Waals surface area contributed by atoms with Crippen LogP contribution < -0.4 is 81.0 Å². The first-order valence-corrected chi connectivity index (χ1v) is 36.8. The van der Waals surface area contributed by atoms with Crippen molar-refractivity contribution in [2.75, 3.05) is 32.0 Å². The number of aliphatic hydroxyl groups excluding tert-OH is 1. The Kier molecular flexibility index (Phi) is 36.5. The number of anilines is 1. The number of nitrogens with one attached hydrogen (secondary N) is 13. The number of H-pyrrole nitrogens is 1. The third-order valence-corrected chi connectivity index (χ3v) is 18.4. The Balaban J connectivity index is 1.58. The molecule has 0 saturated carbocycles. The molecule has 42 heteroatoms. The molecule has 5 rings (SSSR count). The van der Waals surface area contributed by atoms with Crippen LogP contribution in [0, 0.1) is 5.92 Å². The molecule has 15 amide bonds. The lowest BCUT2D eigenvalue weighted by Crippen LogP contribution is -2.62. The molecule has 0 unspecified atom stereocenters. The van der Waals surface area contributed by atoms with Gasteiger partial charge in [-0.25, -0.2) is 4.79 Å². The van der Waals surface area contributed by atoms with Crippen LogP contribution in [-0.4, -0.2) is 247 Å². The van der Waals surface area contributed by atoms with E-state index in [0.717, 1.165) is 52.9 Å². The minimum atomic E-state index is -2.42. The van der Waals surface area contributed by atoms with E-state index in [-0.39, 0.29) is 43.5 Å². The van der Waals surface area contributed by atoms with Gasteiger partial charge in [-0.15, -0.1) is 0 Å². The Morgan fingerprint density at radius 3 is 1.82 bits per heavy atom. The van der Waals surface area contributed by atoms with Gasteiger partial charge >= 0.3 is 23.9 Å². The number of carboxylic acid groups (broad SMARTS) is 3. The van der Waals surface area contributed by atoms with Crippen molar-refractivity contribution in [1.82, 2.24) is 73.7 Å². The lowest BCUT2D eigenvalue weighted by molar-refractivity contribution is -0.156. The van der Waals surface area contributed by atoms with Crippen molar-refractivity contribution < 1.29 is 121 Å². The highest BCUT2D eigenvalue weighted by molar-refractivity contribution is 6.11. The number of imide groups is 1. The van der Waals surface area contributed by atoms with E-state index in [2.05, 4.69) is 65.1 Å². The number of unbranched alkanes of at least 4 members (excludes halogenated alkanes) is 6. The molecule has 0 radical (unpaired) electrons. The number of carbonyl (C=O) groups excluding carboxylic acids is 17. The number of hydrogen-bond donors (Lipinski definition) is 20. The highest BCUT2D eigenvalue weighted by Gasteiger charge is 2.46. The van der Waals surface area contributed by atoms with Gasteiger partial charge in [0.2, 0.25) is 82.7 Å². The first-order chi connectivity index (χ1) is 54.0. The Hall–Kier alpha value is -12.5. The number of para-hydroxylation sites is 2. The van der Waals surface area contributed by atoms with Crippen LogP contribution in [0.1, 0.15) is 146 Å². The van der Waals surface area contributed by atoms with E-state index in [1.165, 1.54) is 24.3 Å². The molecule has 13 atom stereocenters. The number of amides is 15. The van der Waals surface area contributed by atoms with E-state index < -0.39 is 255 Å². The number of hydrogen-bond acceptors (Lipinski definition) is 24. The summed E-state index contributed by atoms with van der Waals surface area (Å²) in [4.78, 5) is 278. The Morgan fingerprint density at radius 2 is 1.19 bits per heavy atom. The van der Waals surface area contributed by atoms with Gasteiger partial charge in [-0.05, 0) is 69.3 Å². The number of primary amides is 1. The topological polar surface area (TPSA) is 673 Å². The van der Waals surface area contributed by atoms with E-state index in [1.807, 2.05) is 10.6 Å². The van der Waals surface area contributed by atoms with Gasteiger partial charge in [0.25, 0.3) is 5.91 Å². The molecular formula is C72H99N17O25. The quantitative estimate of drug-likeness (QED) is 0.00889. The molecule has 0 aliphatic carbocycles. The smallest absolute Gasteiger partial charge is 0.329 e. The van der Waals surface area contributed by atoms with Crippen LogP contribution in [-0.2, 0) is 102 Å². The van der Waals surface area contributed by atoms with E-state index in [4.69, 9.17) is 21.9 Å². The van der Waals surface area contributed by atoms with Gasteiger partial charge in [-0.3, -0.25) is 96.0 Å². The number of nitrogens with zero attached hydrogens (tertiary/aromatic N) is 1. The molecule has 0 spiro atoms. The molecule has 3 heterocycles. The second kappa shape index (κ2) is 45.1. The number of benzene rings is 2. The van der Waals surface area contributed by atoms with E-state index >= 15 is 0 Å². The summed E-state index contributed by atoms with van der Waals surface area (Å²) in [6, 6.07) is -9.96. The Labute approximate surface area is 651 Å². The number of nitrogens with two attached hydrogens (primary N) is 3. The summed E-state index contributed by atoms with van der Waals surface area (Å²) in [6.07, 6.45) is -1.63. The lowest BCUT2D eigenvalue weighted by atomic mass is 9.96. The van der Waals surface area contributed by atoms with Crippen LogP contribution >= 0.6 is 0 Å². The van der Waals surface area contributed by atoms with Crippen LogP contribution in [0.25, 0.3) is 10.9 Å². The fourth-order valence-corrected chi connectivity index (χ4v) is 12.3. The van der Waals surface area contributed by atoms with Gasteiger partial charge in [0.1, 0.15) is 72.6 Å². The Morgan fingerprint density at radius 1 is 0.605 bits per heavy atom. The minimum absolute atomic E-state index is 0.0105. The maximum absolute atomic E-state index is 14.8. The largest absolute Gasteiger partial charge is 0.481 e. The zero-order valence-electron chi connectivity index (χ0n) is 63.1. The molecule has 2 bridgehead atoms. The number of carboxylic acids is 3. The molecule has 2 aliphatic heterocycles. The van der Waals surface area contributed by atoms with Gasteiger partial charge in [-0.2, -0.15) is 0 Å². The second-order valence-electron chi connectivity index (χ2n) is 27.4. The molecule has 23 N–H and O–H groups in total. The van der Waals surface area contributed by atoms with Crippen LogP contribution in [0.2, 0.25) is 0 Å². The fraction of sp³-hybridized carbons (Fsp3) is 0.528. The zero-order chi connectivity index (χ0) is 84.6. The number of esters is 1. The molecule has 2 aliphatic rings. The first kappa shape index (κ1) is 92.1. The number of aliphatic hydroxyl groups is 1. The number of aliphatic carboxylic acids is 3. The molecule has 42 nitrogen and oxygen atoms in total. The van der Waals surface area contributed by atoms with Crippen molar-refractivity contribution >= 4 is 135 Å². The predicted octanol–water partition coefficient (Wildman–Crippen LogP) is -5.45. The van der Waals surface area contributed by atoms with Crippen LogP contribution in [0.5, 0.6) is 0 Å². The van der Waals surface area contributed by atoms with E-state index in [1.54, 1.807) is 30.5 Å². The summed E-state index contributed by atoms with van der Waals surface area (Å²) < 4.78 is 5.69. The van der Waals surface area contributed by atoms with E-state index in [0.29, 0.717) is 34.2 Å². The normalized spacial score (nSPS) is 21.8.